The van der Waals surface area contributed by atoms with Gasteiger partial charge in [0.2, 0.25) is 0 Å². The van der Waals surface area contributed by atoms with Crippen LogP contribution in [0.2, 0.25) is 5.02 Å². The van der Waals surface area contributed by atoms with Gasteiger partial charge in [-0.1, -0.05) is 11.6 Å². The van der Waals surface area contributed by atoms with Crippen molar-refractivity contribution in [2.75, 3.05) is 36.5 Å². The molecule has 4 heterocycles. The number of morpholine rings is 1. The maximum absolute atomic E-state index is 13.0. The van der Waals surface area contributed by atoms with Crippen molar-refractivity contribution in [2.45, 2.75) is 12.7 Å². The molecule has 3 aromatic rings. The van der Waals surface area contributed by atoms with Crippen LogP contribution in [-0.4, -0.2) is 58.1 Å². The van der Waals surface area contributed by atoms with Gasteiger partial charge in [-0.05, 0) is 6.07 Å². The van der Waals surface area contributed by atoms with Gasteiger partial charge >= 0.3 is 6.18 Å². The minimum Gasteiger partial charge on any atom is -0.378 e. The summed E-state index contributed by atoms with van der Waals surface area (Å²) in [6, 6.07) is 2.23. The van der Waals surface area contributed by atoms with E-state index >= 15 is 0 Å². The summed E-state index contributed by atoms with van der Waals surface area (Å²) in [6.45, 7) is 2.48. The SMILES string of the molecule is O=C(NCc1ncc(C(=O)Nc2cc(C(F)(F)F)c(Cl)cn2)s1)c1cc(N2CCOCC2)ncn1. The van der Waals surface area contributed by atoms with Gasteiger partial charge in [0.05, 0.1) is 36.5 Å². The first-order chi connectivity index (χ1) is 16.7. The normalized spacial score (nSPS) is 14.0. The molecule has 184 valence electrons. The van der Waals surface area contributed by atoms with E-state index in [4.69, 9.17) is 16.3 Å². The van der Waals surface area contributed by atoms with E-state index in [1.54, 1.807) is 6.07 Å². The molecule has 0 aliphatic carbocycles. The lowest BCUT2D eigenvalue weighted by Gasteiger charge is -2.27. The number of thiazole rings is 1. The standard InChI is InChI=1S/C20H17ClF3N7O3S/c21-12-7-25-15(5-11(12)20(22,23)24)30-19(33)14-8-26-17(35-14)9-27-18(32)13-6-16(29-10-28-13)31-1-3-34-4-2-31/h5-8,10H,1-4,9H2,(H,27,32)(H,25,30,33). The van der Waals surface area contributed by atoms with Crippen LogP contribution in [0.25, 0.3) is 0 Å². The quantitative estimate of drug-likeness (QED) is 0.501. The Morgan fingerprint density at radius 1 is 1.09 bits per heavy atom. The Balaban J connectivity index is 1.35. The van der Waals surface area contributed by atoms with Crippen LogP contribution in [0.15, 0.2) is 30.9 Å². The number of aromatic nitrogens is 4. The van der Waals surface area contributed by atoms with Gasteiger partial charge in [-0.15, -0.1) is 11.3 Å². The van der Waals surface area contributed by atoms with Crippen LogP contribution >= 0.6 is 22.9 Å². The number of ether oxygens (including phenoxy) is 1. The number of hydrogen-bond acceptors (Lipinski definition) is 9. The number of alkyl halides is 3. The largest absolute Gasteiger partial charge is 0.418 e. The summed E-state index contributed by atoms with van der Waals surface area (Å²) in [4.78, 5) is 43.0. The number of anilines is 2. The molecule has 0 unspecified atom stereocenters. The van der Waals surface area contributed by atoms with E-state index in [0.717, 1.165) is 17.5 Å². The highest BCUT2D eigenvalue weighted by Crippen LogP contribution is 2.35. The van der Waals surface area contributed by atoms with E-state index in [1.165, 1.54) is 12.5 Å². The monoisotopic (exact) mass is 527 g/mol. The van der Waals surface area contributed by atoms with Gasteiger partial charge in [-0.2, -0.15) is 13.2 Å². The van der Waals surface area contributed by atoms with Gasteiger partial charge in [0.15, 0.2) is 0 Å². The van der Waals surface area contributed by atoms with Crippen LogP contribution in [0.5, 0.6) is 0 Å². The minimum atomic E-state index is -4.69. The highest BCUT2D eigenvalue weighted by atomic mass is 35.5. The first-order valence-electron chi connectivity index (χ1n) is 10.1. The van der Waals surface area contributed by atoms with Crippen molar-refractivity contribution >= 4 is 46.4 Å². The molecule has 0 aromatic carbocycles. The fourth-order valence-electron chi connectivity index (χ4n) is 3.08. The summed E-state index contributed by atoms with van der Waals surface area (Å²) in [5.41, 5.74) is -0.941. The summed E-state index contributed by atoms with van der Waals surface area (Å²) in [7, 11) is 0. The second-order valence-corrected chi connectivity index (χ2v) is 8.69. The molecule has 0 bridgehead atoms. The van der Waals surface area contributed by atoms with Gasteiger partial charge in [0, 0.05) is 25.4 Å². The fraction of sp³-hybridized carbons (Fsp3) is 0.300. The number of nitrogens with one attached hydrogen (secondary N) is 2. The van der Waals surface area contributed by atoms with Crippen LogP contribution in [0, 0.1) is 0 Å². The Kier molecular flexibility index (Phi) is 7.42. The Morgan fingerprint density at radius 3 is 2.60 bits per heavy atom. The van der Waals surface area contributed by atoms with E-state index in [1.807, 2.05) is 4.90 Å². The Hall–Kier alpha value is -3.36. The predicted molar refractivity (Wildman–Crippen MR) is 121 cm³/mol. The van der Waals surface area contributed by atoms with Crippen molar-refractivity contribution in [3.8, 4) is 0 Å². The summed E-state index contributed by atoms with van der Waals surface area (Å²) in [5.74, 6) is -0.844. The number of carbonyl (C=O) groups excluding carboxylic acids is 2. The van der Waals surface area contributed by atoms with Crippen LogP contribution in [0.1, 0.15) is 30.7 Å². The smallest absolute Gasteiger partial charge is 0.378 e. The Morgan fingerprint density at radius 2 is 1.86 bits per heavy atom. The number of hydrogen-bond donors (Lipinski definition) is 2. The third-order valence-corrected chi connectivity index (χ3v) is 6.10. The van der Waals surface area contributed by atoms with Crippen LogP contribution in [-0.2, 0) is 17.5 Å². The zero-order valence-corrected chi connectivity index (χ0v) is 19.4. The van der Waals surface area contributed by atoms with E-state index < -0.39 is 28.6 Å². The molecule has 0 radical (unpaired) electrons. The number of carbonyl (C=O) groups is 2. The minimum absolute atomic E-state index is 0.0189. The fourth-order valence-corrected chi connectivity index (χ4v) is 4.05. The first-order valence-corrected chi connectivity index (χ1v) is 11.3. The molecule has 4 rings (SSSR count). The molecular weight excluding hydrogens is 511 g/mol. The molecule has 0 saturated carbocycles. The van der Waals surface area contributed by atoms with Gasteiger partial charge in [-0.3, -0.25) is 9.59 Å². The second kappa shape index (κ2) is 10.5. The van der Waals surface area contributed by atoms with Gasteiger partial charge in [-0.25, -0.2) is 19.9 Å². The summed E-state index contributed by atoms with van der Waals surface area (Å²) < 4.78 is 44.3. The van der Waals surface area contributed by atoms with Crippen molar-refractivity contribution in [1.29, 1.82) is 0 Å². The number of nitrogens with zero attached hydrogens (tertiary/aromatic N) is 5. The molecule has 1 aliphatic rings. The highest BCUT2D eigenvalue weighted by Gasteiger charge is 2.34. The maximum Gasteiger partial charge on any atom is 0.418 e. The average Bonchev–Trinajstić information content (AvgIpc) is 3.33. The zero-order valence-electron chi connectivity index (χ0n) is 17.8. The van der Waals surface area contributed by atoms with Crippen molar-refractivity contribution in [3.05, 3.63) is 57.0 Å². The number of halogens is 4. The van der Waals surface area contributed by atoms with Crippen molar-refractivity contribution < 1.29 is 27.5 Å². The lowest BCUT2D eigenvalue weighted by Crippen LogP contribution is -2.37. The molecular formula is C20H17ClF3N7O3S. The summed E-state index contributed by atoms with van der Waals surface area (Å²) >= 11 is 6.50. The van der Waals surface area contributed by atoms with Crippen LogP contribution in [0.3, 0.4) is 0 Å². The zero-order chi connectivity index (χ0) is 25.0. The first kappa shape index (κ1) is 24.8. The lowest BCUT2D eigenvalue weighted by atomic mass is 10.2. The molecule has 0 atom stereocenters. The molecule has 10 nitrogen and oxygen atoms in total. The number of amides is 2. The average molecular weight is 528 g/mol. The molecule has 2 amide bonds. The van der Waals surface area contributed by atoms with E-state index in [2.05, 4.69) is 30.6 Å². The molecule has 3 aromatic heterocycles. The Bertz CT molecular complexity index is 1230. The van der Waals surface area contributed by atoms with Gasteiger partial charge < -0.3 is 20.3 Å². The van der Waals surface area contributed by atoms with Crippen LogP contribution < -0.4 is 15.5 Å². The van der Waals surface area contributed by atoms with Crippen molar-refractivity contribution in [2.24, 2.45) is 0 Å². The lowest BCUT2D eigenvalue weighted by molar-refractivity contribution is -0.137. The number of rotatable bonds is 6. The number of pyridine rings is 1. The molecule has 1 fully saturated rings. The van der Waals surface area contributed by atoms with E-state index in [-0.39, 0.29) is 22.9 Å². The van der Waals surface area contributed by atoms with Crippen LogP contribution in [0.4, 0.5) is 24.8 Å². The molecule has 15 heteroatoms. The highest BCUT2D eigenvalue weighted by molar-refractivity contribution is 7.13. The Labute approximate surface area is 205 Å². The van der Waals surface area contributed by atoms with Gasteiger partial charge in [0.25, 0.3) is 11.8 Å². The molecule has 1 saturated heterocycles. The maximum atomic E-state index is 13.0. The third-order valence-electron chi connectivity index (χ3n) is 4.80. The third kappa shape index (κ3) is 6.21. The predicted octanol–water partition coefficient (Wildman–Crippen LogP) is 3.02. The summed E-state index contributed by atoms with van der Waals surface area (Å²) in [5, 5.41) is 4.78. The van der Waals surface area contributed by atoms with E-state index in [9.17, 15) is 22.8 Å². The van der Waals surface area contributed by atoms with Gasteiger partial charge in [0.1, 0.15) is 33.5 Å². The summed E-state index contributed by atoms with van der Waals surface area (Å²) in [6.07, 6.45) is -1.32. The van der Waals surface area contributed by atoms with E-state index in [0.29, 0.717) is 43.2 Å². The second-order valence-electron chi connectivity index (χ2n) is 7.16. The molecule has 1 aliphatic heterocycles. The molecule has 35 heavy (non-hydrogen) atoms. The molecule has 0 spiro atoms. The van der Waals surface area contributed by atoms with Crippen molar-refractivity contribution in [3.63, 3.8) is 0 Å². The molecule has 2 N–H and O–H groups in total. The van der Waals surface area contributed by atoms with Crippen molar-refractivity contribution in [1.82, 2.24) is 25.3 Å². The topological polar surface area (TPSA) is 122 Å².